The number of rotatable bonds is 4. The van der Waals surface area contributed by atoms with Crippen LogP contribution < -0.4 is 0 Å². The van der Waals surface area contributed by atoms with Crippen molar-refractivity contribution in [3.05, 3.63) is 76.6 Å². The molecule has 0 unspecified atom stereocenters. The number of methoxy groups -OCH3 is 1. The van der Waals surface area contributed by atoms with Gasteiger partial charge in [0.2, 0.25) is 0 Å². The molecule has 0 aromatic heterocycles. The molecule has 24 heavy (non-hydrogen) atoms. The monoisotopic (exact) mass is 320 g/mol. The lowest BCUT2D eigenvalue weighted by atomic mass is 9.84. The zero-order chi connectivity index (χ0) is 17.1. The van der Waals surface area contributed by atoms with Gasteiger partial charge in [0.15, 0.2) is 5.78 Å². The minimum atomic E-state index is 0.174. The maximum Gasteiger partial charge on any atom is 0.167 e. The SMILES string of the molecule is C=C/C=C(\C(=C)OC)C1=Cc2cc3c(cc2C(=O)C1)CCCCC3. The Kier molecular flexibility index (Phi) is 4.84. The smallest absolute Gasteiger partial charge is 0.167 e. The minimum Gasteiger partial charge on any atom is -0.497 e. The third-order valence-corrected chi connectivity index (χ3v) is 4.92. The van der Waals surface area contributed by atoms with Gasteiger partial charge >= 0.3 is 0 Å². The third-order valence-electron chi connectivity index (χ3n) is 4.92. The number of fused-ring (bicyclic) bond motifs is 2. The normalized spacial score (nSPS) is 17.3. The third kappa shape index (κ3) is 3.14. The molecule has 0 heterocycles. The van der Waals surface area contributed by atoms with Crippen molar-refractivity contribution in [3.8, 4) is 0 Å². The number of carbonyl (C=O) groups is 1. The number of allylic oxidation sites excluding steroid dienone is 3. The average Bonchev–Trinajstić information content (AvgIpc) is 2.82. The number of hydrogen-bond donors (Lipinski definition) is 0. The van der Waals surface area contributed by atoms with E-state index >= 15 is 0 Å². The molecule has 0 atom stereocenters. The highest BCUT2D eigenvalue weighted by molar-refractivity contribution is 6.05. The Morgan fingerprint density at radius 1 is 1.17 bits per heavy atom. The number of benzene rings is 1. The van der Waals surface area contributed by atoms with Crippen LogP contribution in [0.4, 0.5) is 0 Å². The van der Waals surface area contributed by atoms with Crippen molar-refractivity contribution in [3.63, 3.8) is 0 Å². The van der Waals surface area contributed by atoms with E-state index in [2.05, 4.69) is 31.4 Å². The van der Waals surface area contributed by atoms with E-state index in [1.807, 2.05) is 6.08 Å². The van der Waals surface area contributed by atoms with E-state index in [0.29, 0.717) is 12.2 Å². The first-order valence-corrected chi connectivity index (χ1v) is 8.60. The van der Waals surface area contributed by atoms with Gasteiger partial charge < -0.3 is 4.74 Å². The molecule has 0 bridgehead atoms. The largest absolute Gasteiger partial charge is 0.497 e. The Labute approximate surface area is 144 Å². The Hall–Kier alpha value is -2.35. The molecule has 0 fully saturated rings. The maximum absolute atomic E-state index is 12.7. The van der Waals surface area contributed by atoms with E-state index in [0.717, 1.165) is 35.1 Å². The lowest BCUT2D eigenvalue weighted by Crippen LogP contribution is -2.12. The summed E-state index contributed by atoms with van der Waals surface area (Å²) in [6.45, 7) is 7.70. The fourth-order valence-corrected chi connectivity index (χ4v) is 3.63. The molecule has 2 heteroatoms. The predicted octanol–water partition coefficient (Wildman–Crippen LogP) is 5.20. The fourth-order valence-electron chi connectivity index (χ4n) is 3.63. The van der Waals surface area contributed by atoms with Gasteiger partial charge in [-0.25, -0.2) is 0 Å². The molecular weight excluding hydrogens is 296 g/mol. The molecule has 0 amide bonds. The molecular formula is C22H24O2. The molecule has 0 radical (unpaired) electrons. The van der Waals surface area contributed by atoms with Crippen LogP contribution in [0.5, 0.6) is 0 Å². The van der Waals surface area contributed by atoms with Crippen molar-refractivity contribution in [2.24, 2.45) is 0 Å². The van der Waals surface area contributed by atoms with E-state index in [9.17, 15) is 4.79 Å². The number of carbonyl (C=O) groups excluding carboxylic acids is 1. The molecule has 124 valence electrons. The Morgan fingerprint density at radius 3 is 2.54 bits per heavy atom. The van der Waals surface area contributed by atoms with Crippen molar-refractivity contribution >= 4 is 11.9 Å². The van der Waals surface area contributed by atoms with E-state index in [4.69, 9.17) is 4.74 Å². The molecule has 1 aromatic carbocycles. The van der Waals surface area contributed by atoms with Crippen LogP contribution in [0.25, 0.3) is 6.08 Å². The van der Waals surface area contributed by atoms with Crippen molar-refractivity contribution in [2.75, 3.05) is 7.11 Å². The first-order chi connectivity index (χ1) is 11.6. The second-order valence-corrected chi connectivity index (χ2v) is 6.48. The lowest BCUT2D eigenvalue weighted by Gasteiger charge is -2.21. The van der Waals surface area contributed by atoms with Crippen molar-refractivity contribution < 1.29 is 9.53 Å². The lowest BCUT2D eigenvalue weighted by molar-refractivity contribution is 0.0992. The topological polar surface area (TPSA) is 26.3 Å². The second kappa shape index (κ2) is 7.04. The molecule has 0 saturated heterocycles. The molecule has 0 N–H and O–H groups in total. The number of ether oxygens (including phenoxy) is 1. The van der Waals surface area contributed by atoms with Crippen LogP contribution in [-0.2, 0) is 17.6 Å². The molecule has 2 aliphatic rings. The molecule has 2 aliphatic carbocycles. The highest BCUT2D eigenvalue weighted by atomic mass is 16.5. The van der Waals surface area contributed by atoms with E-state index in [1.165, 1.54) is 30.4 Å². The number of Topliss-reactive ketones (excluding diaryl/α,β-unsaturated/α-hetero) is 1. The minimum absolute atomic E-state index is 0.174. The van der Waals surface area contributed by atoms with Gasteiger partial charge in [0.25, 0.3) is 0 Å². The van der Waals surface area contributed by atoms with Gasteiger partial charge in [-0.15, -0.1) is 0 Å². The summed E-state index contributed by atoms with van der Waals surface area (Å²) in [5.74, 6) is 0.737. The first kappa shape index (κ1) is 16.5. The van der Waals surface area contributed by atoms with E-state index in [-0.39, 0.29) is 5.78 Å². The standard InChI is InChI=1S/C22H24O2/c1-4-8-20(15(2)24-3)19-12-18-11-16-9-6-5-7-10-17(16)13-21(18)22(23)14-19/h4,8,11-13H,1-2,5-7,9-10,14H2,3H3/b20-8+. The van der Waals surface area contributed by atoms with E-state index < -0.39 is 0 Å². The number of ketones is 1. The Bertz CT molecular complexity index is 762. The maximum atomic E-state index is 12.7. The van der Waals surface area contributed by atoms with Crippen LogP contribution in [-0.4, -0.2) is 12.9 Å². The average molecular weight is 320 g/mol. The predicted molar refractivity (Wildman–Crippen MR) is 99.1 cm³/mol. The highest BCUT2D eigenvalue weighted by Gasteiger charge is 2.23. The molecule has 1 aromatic rings. The summed E-state index contributed by atoms with van der Waals surface area (Å²) in [7, 11) is 1.60. The number of hydrogen-bond acceptors (Lipinski definition) is 2. The van der Waals surface area contributed by atoms with Gasteiger partial charge in [0.05, 0.1) is 7.11 Å². The Balaban J connectivity index is 2.07. The van der Waals surface area contributed by atoms with Crippen LogP contribution in [0.3, 0.4) is 0 Å². The fraction of sp³-hybridized carbons (Fsp3) is 0.318. The van der Waals surface area contributed by atoms with Crippen LogP contribution in [0, 0.1) is 0 Å². The summed E-state index contributed by atoms with van der Waals surface area (Å²) >= 11 is 0. The summed E-state index contributed by atoms with van der Waals surface area (Å²) in [5.41, 5.74) is 6.45. The van der Waals surface area contributed by atoms with Crippen LogP contribution in [0.2, 0.25) is 0 Å². The highest BCUT2D eigenvalue weighted by Crippen LogP contribution is 2.34. The van der Waals surface area contributed by atoms with Crippen molar-refractivity contribution in [1.82, 2.24) is 0 Å². The van der Waals surface area contributed by atoms with Crippen LogP contribution in [0.15, 0.2) is 54.3 Å². The van der Waals surface area contributed by atoms with Gasteiger partial charge in [0, 0.05) is 17.6 Å². The van der Waals surface area contributed by atoms with Gasteiger partial charge in [0.1, 0.15) is 5.76 Å². The van der Waals surface area contributed by atoms with Crippen molar-refractivity contribution in [1.29, 1.82) is 0 Å². The van der Waals surface area contributed by atoms with Crippen LogP contribution in [0.1, 0.15) is 52.7 Å². The second-order valence-electron chi connectivity index (χ2n) is 6.48. The summed E-state index contributed by atoms with van der Waals surface area (Å²) in [6, 6.07) is 4.35. The van der Waals surface area contributed by atoms with Gasteiger partial charge in [-0.05, 0) is 60.1 Å². The van der Waals surface area contributed by atoms with Crippen molar-refractivity contribution in [2.45, 2.75) is 38.5 Å². The summed E-state index contributed by atoms with van der Waals surface area (Å²) < 4.78 is 5.29. The van der Waals surface area contributed by atoms with E-state index in [1.54, 1.807) is 13.2 Å². The summed E-state index contributed by atoms with van der Waals surface area (Å²) in [5, 5.41) is 0. The van der Waals surface area contributed by atoms with Gasteiger partial charge in [-0.3, -0.25) is 4.79 Å². The molecule has 0 aliphatic heterocycles. The zero-order valence-electron chi connectivity index (χ0n) is 14.4. The van der Waals surface area contributed by atoms with Gasteiger partial charge in [-0.1, -0.05) is 37.8 Å². The molecule has 2 nitrogen and oxygen atoms in total. The zero-order valence-corrected chi connectivity index (χ0v) is 14.4. The summed E-state index contributed by atoms with van der Waals surface area (Å²) in [6.07, 6.45) is 12.0. The Morgan fingerprint density at radius 2 is 1.88 bits per heavy atom. The molecule has 0 saturated carbocycles. The molecule has 0 spiro atoms. The number of aryl methyl sites for hydroxylation is 2. The molecule has 3 rings (SSSR count). The quantitative estimate of drug-likeness (QED) is 0.433. The summed E-state index contributed by atoms with van der Waals surface area (Å²) in [4.78, 5) is 12.7. The van der Waals surface area contributed by atoms with Crippen LogP contribution >= 0.6 is 0 Å². The van der Waals surface area contributed by atoms with Gasteiger partial charge in [-0.2, -0.15) is 0 Å². The first-order valence-electron chi connectivity index (χ1n) is 8.60.